The Balaban J connectivity index is 1.62. The molecule has 0 saturated carbocycles. The normalized spacial score (nSPS) is 12.2. The number of benzene rings is 7. The van der Waals surface area contributed by atoms with Gasteiger partial charge in [-0.2, -0.15) is 0 Å². The molecule has 0 atom stereocenters. The average Bonchev–Trinajstić information content (AvgIpc) is 3.20. The smallest absolute Gasteiger partial charge is 0.174 e. The van der Waals surface area contributed by atoms with E-state index in [9.17, 15) is 10.2 Å². The predicted molar refractivity (Wildman–Crippen MR) is 246 cm³/mol. The third-order valence-corrected chi connectivity index (χ3v) is 23.4. The fourth-order valence-corrected chi connectivity index (χ4v) is 18.2. The second-order valence-electron chi connectivity index (χ2n) is 16.8. The Labute approximate surface area is 335 Å². The summed E-state index contributed by atoms with van der Waals surface area (Å²) >= 11 is 0. The quantitative estimate of drug-likeness (QED) is 0.0919. The standard InChI is InChI=1S/C52H54O2Si2/c1-35(2)55(36(3)4,45-21-17-39(33-53)18-22-45)27-25-47-49-29-41-13-9-11-15-43(41)31-51(49)48(52-32-44-16-12-10-14-42(44)30-50(47)52)26-28-56(37(5)6,38(7)8)46-23-19-40(34-54)20-24-46/h9-24,29-32,35-38,53-54H,33-34H2,1-8H3. The van der Waals surface area contributed by atoms with Gasteiger partial charge in [0.25, 0.3) is 0 Å². The van der Waals surface area contributed by atoms with Crippen LogP contribution in [-0.2, 0) is 13.2 Å². The topological polar surface area (TPSA) is 40.5 Å². The molecule has 0 aliphatic heterocycles. The van der Waals surface area contributed by atoms with Crippen molar-refractivity contribution in [3.63, 3.8) is 0 Å². The summed E-state index contributed by atoms with van der Waals surface area (Å²) in [6.07, 6.45) is 0. The molecule has 0 radical (unpaired) electrons. The maximum Gasteiger partial charge on any atom is 0.174 e. The largest absolute Gasteiger partial charge is 0.392 e. The number of fused-ring (bicyclic) bond motifs is 4. The minimum atomic E-state index is -2.43. The van der Waals surface area contributed by atoms with E-state index < -0.39 is 16.1 Å². The monoisotopic (exact) mass is 766 g/mol. The second-order valence-corrected chi connectivity index (χ2v) is 26.6. The number of aliphatic hydroxyl groups excluding tert-OH is 2. The molecule has 0 aliphatic rings. The summed E-state index contributed by atoms with van der Waals surface area (Å²) in [4.78, 5) is 0. The van der Waals surface area contributed by atoms with Gasteiger partial charge in [0.2, 0.25) is 0 Å². The van der Waals surface area contributed by atoms with Crippen molar-refractivity contribution in [3.8, 4) is 22.9 Å². The van der Waals surface area contributed by atoms with Crippen molar-refractivity contribution in [2.75, 3.05) is 0 Å². The van der Waals surface area contributed by atoms with Gasteiger partial charge in [-0.05, 0) is 111 Å². The summed E-state index contributed by atoms with van der Waals surface area (Å²) in [7, 11) is -4.86. The molecule has 0 fully saturated rings. The maximum absolute atomic E-state index is 9.86. The molecule has 0 saturated heterocycles. The molecular weight excluding hydrogens is 713 g/mol. The van der Waals surface area contributed by atoms with Gasteiger partial charge in [0.05, 0.1) is 13.2 Å². The molecule has 7 rings (SSSR count). The minimum absolute atomic E-state index is 0.0347. The Morgan fingerprint density at radius 2 is 0.679 bits per heavy atom. The van der Waals surface area contributed by atoms with Gasteiger partial charge in [0.1, 0.15) is 0 Å². The zero-order valence-electron chi connectivity index (χ0n) is 34.2. The zero-order valence-corrected chi connectivity index (χ0v) is 36.2. The highest BCUT2D eigenvalue weighted by molar-refractivity contribution is 7.01. The van der Waals surface area contributed by atoms with Crippen LogP contribution < -0.4 is 10.4 Å². The molecule has 0 bridgehead atoms. The first-order chi connectivity index (χ1) is 26.9. The van der Waals surface area contributed by atoms with E-state index in [0.29, 0.717) is 22.2 Å². The van der Waals surface area contributed by atoms with Gasteiger partial charge in [-0.25, -0.2) is 0 Å². The van der Waals surface area contributed by atoms with E-state index in [2.05, 4.69) is 200 Å². The molecule has 56 heavy (non-hydrogen) atoms. The van der Waals surface area contributed by atoms with Crippen molar-refractivity contribution in [2.45, 2.75) is 90.8 Å². The summed E-state index contributed by atoms with van der Waals surface area (Å²) < 4.78 is 0. The lowest BCUT2D eigenvalue weighted by molar-refractivity contribution is 0.281. The number of aliphatic hydroxyl groups is 2. The third kappa shape index (κ3) is 6.80. The average molecular weight is 767 g/mol. The first kappa shape index (κ1) is 39.3. The summed E-state index contributed by atoms with van der Waals surface area (Å²) in [5.41, 5.74) is 13.7. The van der Waals surface area contributed by atoms with Crippen molar-refractivity contribution in [2.24, 2.45) is 0 Å². The van der Waals surface area contributed by atoms with E-state index in [1.807, 2.05) is 0 Å². The zero-order chi connectivity index (χ0) is 39.8. The lowest BCUT2D eigenvalue weighted by atomic mass is 9.89. The molecule has 282 valence electrons. The highest BCUT2D eigenvalue weighted by Gasteiger charge is 2.42. The Kier molecular flexibility index (Phi) is 11.2. The number of rotatable bonds is 8. The SMILES string of the molecule is CC(C)[Si](C#Cc1c2cc3ccccc3cc2c(C#C[Si](c2ccc(CO)cc2)(C(C)C)C(C)C)c2cc3ccccc3cc12)(c1ccc(CO)cc1)C(C)C. The first-order valence-electron chi connectivity index (χ1n) is 20.2. The summed E-state index contributed by atoms with van der Waals surface area (Å²) in [6, 6.07) is 43.9. The van der Waals surface area contributed by atoms with Crippen LogP contribution in [-0.4, -0.2) is 26.4 Å². The van der Waals surface area contributed by atoms with Crippen molar-refractivity contribution in [1.29, 1.82) is 0 Å². The Morgan fingerprint density at radius 1 is 0.411 bits per heavy atom. The summed E-state index contributed by atoms with van der Waals surface area (Å²) in [5, 5.41) is 31.7. The van der Waals surface area contributed by atoms with Crippen LogP contribution >= 0.6 is 0 Å². The van der Waals surface area contributed by atoms with E-state index in [-0.39, 0.29) is 13.2 Å². The van der Waals surface area contributed by atoms with Gasteiger partial charge in [-0.15, -0.1) is 11.1 Å². The maximum atomic E-state index is 9.86. The first-order valence-corrected chi connectivity index (χ1v) is 24.5. The van der Waals surface area contributed by atoms with Crippen LogP contribution in [0.1, 0.15) is 77.6 Å². The van der Waals surface area contributed by atoms with Crippen LogP contribution in [0.2, 0.25) is 22.2 Å². The number of hydrogen-bond acceptors (Lipinski definition) is 2. The minimum Gasteiger partial charge on any atom is -0.392 e. The fourth-order valence-electron chi connectivity index (χ4n) is 9.36. The molecule has 0 aliphatic carbocycles. The molecule has 2 nitrogen and oxygen atoms in total. The second kappa shape index (κ2) is 15.9. The van der Waals surface area contributed by atoms with Crippen LogP contribution in [0, 0.1) is 22.9 Å². The molecule has 0 aromatic heterocycles. The molecule has 4 heteroatoms. The fraction of sp³-hybridized carbons (Fsp3) is 0.269. The van der Waals surface area contributed by atoms with Gasteiger partial charge in [-0.1, -0.05) is 164 Å². The predicted octanol–water partition coefficient (Wildman–Crippen LogP) is 11.4. The Bertz CT molecular complexity index is 2380. The van der Waals surface area contributed by atoms with Gasteiger partial charge in [0.15, 0.2) is 16.1 Å². The van der Waals surface area contributed by atoms with Crippen LogP contribution in [0.3, 0.4) is 0 Å². The van der Waals surface area contributed by atoms with Crippen LogP contribution in [0.5, 0.6) is 0 Å². The lowest BCUT2D eigenvalue weighted by Crippen LogP contribution is -2.52. The van der Waals surface area contributed by atoms with Gasteiger partial charge in [0, 0.05) is 11.1 Å². The van der Waals surface area contributed by atoms with Crippen LogP contribution in [0.25, 0.3) is 43.1 Å². The summed E-state index contributed by atoms with van der Waals surface area (Å²) in [6.45, 7) is 18.8. The van der Waals surface area contributed by atoms with E-state index in [1.54, 1.807) is 0 Å². The van der Waals surface area contributed by atoms with Gasteiger partial charge in [-0.3, -0.25) is 0 Å². The Morgan fingerprint density at radius 3 is 0.911 bits per heavy atom. The van der Waals surface area contributed by atoms with Gasteiger partial charge >= 0.3 is 0 Å². The molecular formula is C52H54O2Si2. The highest BCUT2D eigenvalue weighted by Crippen LogP contribution is 2.39. The van der Waals surface area contributed by atoms with Crippen LogP contribution in [0.15, 0.2) is 121 Å². The van der Waals surface area contributed by atoms with E-state index in [1.165, 1.54) is 31.9 Å². The van der Waals surface area contributed by atoms with E-state index in [0.717, 1.165) is 43.8 Å². The molecule has 7 aromatic rings. The van der Waals surface area contributed by atoms with Gasteiger partial charge < -0.3 is 10.2 Å². The molecule has 0 unspecified atom stereocenters. The molecule has 7 aromatic carbocycles. The van der Waals surface area contributed by atoms with Crippen molar-refractivity contribution in [1.82, 2.24) is 0 Å². The molecule has 0 heterocycles. The number of hydrogen-bond donors (Lipinski definition) is 2. The third-order valence-electron chi connectivity index (χ3n) is 12.5. The van der Waals surface area contributed by atoms with Crippen molar-refractivity contribution >= 4 is 69.6 Å². The van der Waals surface area contributed by atoms with E-state index >= 15 is 0 Å². The Hall–Kier alpha value is -4.95. The molecule has 0 spiro atoms. The van der Waals surface area contributed by atoms with Crippen LogP contribution in [0.4, 0.5) is 0 Å². The summed E-state index contributed by atoms with van der Waals surface area (Å²) in [5.74, 6) is 7.93. The highest BCUT2D eigenvalue weighted by atomic mass is 28.3. The lowest BCUT2D eigenvalue weighted by Gasteiger charge is -2.35. The van der Waals surface area contributed by atoms with Crippen molar-refractivity contribution in [3.05, 3.63) is 144 Å². The molecule has 2 N–H and O–H groups in total. The molecule has 0 amide bonds. The van der Waals surface area contributed by atoms with E-state index in [4.69, 9.17) is 0 Å². The van der Waals surface area contributed by atoms with Crippen molar-refractivity contribution < 1.29 is 10.2 Å².